The number of alkyl halides is 3. The first-order chi connectivity index (χ1) is 8.41. The second-order valence-corrected chi connectivity index (χ2v) is 4.71. The molecular weight excluding hydrogens is 243 g/mol. The van der Waals surface area contributed by atoms with Gasteiger partial charge in [-0.1, -0.05) is 24.6 Å². The number of hydrogen-bond donors (Lipinski definition) is 1. The molecule has 1 aromatic rings. The highest BCUT2D eigenvalue weighted by molar-refractivity contribution is 6.02. The van der Waals surface area contributed by atoms with E-state index in [9.17, 15) is 18.0 Å². The first-order valence-corrected chi connectivity index (χ1v) is 5.82. The molecule has 0 saturated heterocycles. The summed E-state index contributed by atoms with van der Waals surface area (Å²) < 4.78 is 38.5. The fourth-order valence-corrected chi connectivity index (χ4v) is 2.34. The van der Waals surface area contributed by atoms with Crippen molar-refractivity contribution in [1.82, 2.24) is 0 Å². The first-order valence-electron chi connectivity index (χ1n) is 5.82. The van der Waals surface area contributed by atoms with E-state index in [1.165, 1.54) is 18.2 Å². The lowest BCUT2D eigenvalue weighted by Crippen LogP contribution is -2.45. The van der Waals surface area contributed by atoms with Gasteiger partial charge in [-0.25, -0.2) is 0 Å². The van der Waals surface area contributed by atoms with Gasteiger partial charge in [-0.2, -0.15) is 13.2 Å². The van der Waals surface area contributed by atoms with E-state index in [2.05, 4.69) is 0 Å². The van der Waals surface area contributed by atoms with Crippen molar-refractivity contribution >= 4 is 5.78 Å². The second kappa shape index (κ2) is 4.39. The molecule has 0 amide bonds. The Bertz CT molecular complexity index is 458. The predicted molar refractivity (Wildman–Crippen MR) is 61.1 cm³/mol. The first kappa shape index (κ1) is 13.1. The molecule has 1 saturated carbocycles. The summed E-state index contributed by atoms with van der Waals surface area (Å²) in [6.07, 6.45) is -2.51. The van der Waals surface area contributed by atoms with Gasteiger partial charge >= 0.3 is 6.18 Å². The normalized spacial score (nSPS) is 18.2. The quantitative estimate of drug-likeness (QED) is 0.846. The minimum absolute atomic E-state index is 0.109. The topological polar surface area (TPSA) is 43.1 Å². The Kier molecular flexibility index (Phi) is 3.19. The molecule has 0 unspecified atom stereocenters. The summed E-state index contributed by atoms with van der Waals surface area (Å²) in [5.74, 6) is -0.468. The van der Waals surface area contributed by atoms with E-state index < -0.39 is 22.9 Å². The third-order valence-electron chi connectivity index (χ3n) is 3.66. The lowest BCUT2D eigenvalue weighted by Gasteiger charge is -2.39. The average Bonchev–Trinajstić information content (AvgIpc) is 2.27. The summed E-state index contributed by atoms with van der Waals surface area (Å²) in [4.78, 5) is 12.3. The van der Waals surface area contributed by atoms with Crippen molar-refractivity contribution in [3.05, 3.63) is 35.4 Å². The Morgan fingerprint density at radius 1 is 1.28 bits per heavy atom. The van der Waals surface area contributed by atoms with Gasteiger partial charge in [0.1, 0.15) is 0 Å². The number of hydrogen-bond acceptors (Lipinski definition) is 2. The average molecular weight is 257 g/mol. The fourth-order valence-electron chi connectivity index (χ4n) is 2.34. The van der Waals surface area contributed by atoms with Gasteiger partial charge in [0, 0.05) is 17.5 Å². The number of rotatable bonds is 3. The Labute approximate surface area is 103 Å². The Morgan fingerprint density at radius 3 is 2.33 bits per heavy atom. The summed E-state index contributed by atoms with van der Waals surface area (Å²) in [7, 11) is 0. The van der Waals surface area contributed by atoms with Crippen LogP contribution in [-0.2, 0) is 6.18 Å². The van der Waals surface area contributed by atoms with Crippen LogP contribution in [0.15, 0.2) is 24.3 Å². The van der Waals surface area contributed by atoms with Crippen LogP contribution in [0.25, 0.3) is 0 Å². The number of benzene rings is 1. The molecule has 18 heavy (non-hydrogen) atoms. The maximum atomic E-state index is 12.8. The van der Waals surface area contributed by atoms with Gasteiger partial charge in [-0.05, 0) is 18.9 Å². The van der Waals surface area contributed by atoms with Gasteiger partial charge in [0.05, 0.1) is 5.56 Å². The summed E-state index contributed by atoms with van der Waals surface area (Å²) in [5, 5.41) is 0. The molecular formula is C13H14F3NO. The summed E-state index contributed by atoms with van der Waals surface area (Å²) in [5.41, 5.74) is 3.67. The summed E-state index contributed by atoms with van der Waals surface area (Å²) >= 11 is 0. The summed E-state index contributed by atoms with van der Waals surface area (Å²) in [6.45, 7) is 0.109. The lowest BCUT2D eigenvalue weighted by atomic mass is 9.64. The molecule has 0 heterocycles. The summed E-state index contributed by atoms with van der Waals surface area (Å²) in [6, 6.07) is 4.91. The molecule has 0 bridgehead atoms. The van der Waals surface area contributed by atoms with Crippen molar-refractivity contribution in [3.63, 3.8) is 0 Å². The highest BCUT2D eigenvalue weighted by Gasteiger charge is 2.46. The van der Waals surface area contributed by atoms with Crippen LogP contribution in [0.3, 0.4) is 0 Å². The van der Waals surface area contributed by atoms with Crippen molar-refractivity contribution in [2.75, 3.05) is 6.54 Å². The maximum Gasteiger partial charge on any atom is 0.417 e. The Hall–Kier alpha value is -1.36. The highest BCUT2D eigenvalue weighted by atomic mass is 19.4. The number of ketones is 1. The van der Waals surface area contributed by atoms with Gasteiger partial charge < -0.3 is 5.73 Å². The largest absolute Gasteiger partial charge is 0.417 e. The van der Waals surface area contributed by atoms with Gasteiger partial charge in [0.15, 0.2) is 5.78 Å². The molecule has 2 rings (SSSR count). The molecule has 0 spiro atoms. The Morgan fingerprint density at radius 2 is 1.89 bits per heavy atom. The number of carbonyl (C=O) groups excluding carboxylic acids is 1. The smallest absolute Gasteiger partial charge is 0.329 e. The van der Waals surface area contributed by atoms with Gasteiger partial charge in [-0.3, -0.25) is 4.79 Å². The van der Waals surface area contributed by atoms with Gasteiger partial charge in [0.2, 0.25) is 0 Å². The molecule has 0 aromatic heterocycles. The number of Topliss-reactive ketones (excluding diaryl/α,β-unsaturated/α-hetero) is 1. The van der Waals surface area contributed by atoms with E-state index in [0.717, 1.165) is 12.5 Å². The molecule has 2 nitrogen and oxygen atoms in total. The lowest BCUT2D eigenvalue weighted by molar-refractivity contribution is -0.138. The standard InChI is InChI=1S/C13H14F3NO/c14-13(15,16)10-5-2-1-4-9(10)11(18)12(8-17)6-3-7-12/h1-2,4-5H,3,6-8,17H2. The predicted octanol–water partition coefficient (Wildman–Crippen LogP) is 3.02. The van der Waals surface area contributed by atoms with E-state index >= 15 is 0 Å². The van der Waals surface area contributed by atoms with E-state index in [-0.39, 0.29) is 12.1 Å². The van der Waals surface area contributed by atoms with E-state index in [1.54, 1.807) is 0 Å². The van der Waals surface area contributed by atoms with Crippen molar-refractivity contribution in [2.24, 2.45) is 11.1 Å². The van der Waals surface area contributed by atoms with Gasteiger partial charge in [0.25, 0.3) is 0 Å². The molecule has 98 valence electrons. The van der Waals surface area contributed by atoms with Crippen LogP contribution in [0.2, 0.25) is 0 Å². The fraction of sp³-hybridized carbons (Fsp3) is 0.462. The monoisotopic (exact) mass is 257 g/mol. The molecule has 0 atom stereocenters. The van der Waals surface area contributed by atoms with Crippen LogP contribution in [0.5, 0.6) is 0 Å². The van der Waals surface area contributed by atoms with Crippen LogP contribution < -0.4 is 5.73 Å². The second-order valence-electron chi connectivity index (χ2n) is 4.71. The van der Waals surface area contributed by atoms with Gasteiger partial charge in [-0.15, -0.1) is 0 Å². The van der Waals surface area contributed by atoms with Crippen LogP contribution in [0.4, 0.5) is 13.2 Å². The van der Waals surface area contributed by atoms with Crippen LogP contribution in [0.1, 0.15) is 35.2 Å². The highest BCUT2D eigenvalue weighted by Crippen LogP contribution is 2.44. The number of carbonyl (C=O) groups is 1. The van der Waals surface area contributed by atoms with Crippen molar-refractivity contribution < 1.29 is 18.0 Å². The SMILES string of the molecule is NCC1(C(=O)c2ccccc2C(F)(F)F)CCC1. The molecule has 2 N–H and O–H groups in total. The third kappa shape index (κ3) is 2.03. The van der Waals surface area contributed by atoms with Crippen LogP contribution in [-0.4, -0.2) is 12.3 Å². The van der Waals surface area contributed by atoms with E-state index in [0.29, 0.717) is 12.8 Å². The van der Waals surface area contributed by atoms with Crippen LogP contribution >= 0.6 is 0 Å². The Balaban J connectivity index is 2.43. The minimum Gasteiger partial charge on any atom is -0.329 e. The maximum absolute atomic E-state index is 12.8. The van der Waals surface area contributed by atoms with Crippen LogP contribution in [0, 0.1) is 5.41 Å². The zero-order valence-corrected chi connectivity index (χ0v) is 9.76. The molecule has 0 radical (unpaired) electrons. The third-order valence-corrected chi connectivity index (χ3v) is 3.66. The zero-order chi connectivity index (χ0) is 13.4. The molecule has 5 heteroatoms. The number of nitrogens with two attached hydrogens (primary N) is 1. The molecule has 1 aromatic carbocycles. The molecule has 1 fully saturated rings. The minimum atomic E-state index is -4.51. The molecule has 0 aliphatic heterocycles. The van der Waals surface area contributed by atoms with E-state index in [4.69, 9.17) is 5.73 Å². The molecule has 1 aliphatic rings. The van der Waals surface area contributed by atoms with Crippen molar-refractivity contribution in [1.29, 1.82) is 0 Å². The number of halogens is 3. The molecule has 1 aliphatic carbocycles. The van der Waals surface area contributed by atoms with Crippen molar-refractivity contribution in [2.45, 2.75) is 25.4 Å². The van der Waals surface area contributed by atoms with Crippen molar-refractivity contribution in [3.8, 4) is 0 Å². The van der Waals surface area contributed by atoms with E-state index in [1.807, 2.05) is 0 Å². The zero-order valence-electron chi connectivity index (χ0n) is 9.76.